The van der Waals surface area contributed by atoms with Crippen LogP contribution in [0.3, 0.4) is 0 Å². The molecule has 0 saturated carbocycles. The van der Waals surface area contributed by atoms with Gasteiger partial charge in [0.25, 0.3) is 0 Å². The van der Waals surface area contributed by atoms with Gasteiger partial charge in [0.2, 0.25) is 5.91 Å². The van der Waals surface area contributed by atoms with E-state index in [4.69, 9.17) is 0 Å². The van der Waals surface area contributed by atoms with E-state index in [9.17, 15) is 9.59 Å². The molecule has 0 bridgehead atoms. The Morgan fingerprint density at radius 2 is 2.07 bits per heavy atom. The number of nitrogens with zero attached hydrogens (tertiary/aromatic N) is 1. The zero-order chi connectivity index (χ0) is 10.6. The van der Waals surface area contributed by atoms with Crippen LogP contribution in [0, 0.1) is 0 Å². The Hall–Kier alpha value is -0.860. The third-order valence-corrected chi connectivity index (χ3v) is 2.77. The molecule has 3 heteroatoms. The molecule has 0 aliphatic carbocycles. The molecule has 1 heterocycles. The van der Waals surface area contributed by atoms with E-state index in [1.165, 1.54) is 12.8 Å². The molecule has 0 N–H and O–H groups in total. The number of hydrogen-bond acceptors (Lipinski definition) is 2. The van der Waals surface area contributed by atoms with Crippen molar-refractivity contribution in [3.8, 4) is 0 Å². The van der Waals surface area contributed by atoms with Crippen LogP contribution in [0.2, 0.25) is 0 Å². The lowest BCUT2D eigenvalue weighted by atomic mass is 10.1. The van der Waals surface area contributed by atoms with Crippen LogP contribution in [-0.4, -0.2) is 29.2 Å². The van der Waals surface area contributed by atoms with E-state index in [-0.39, 0.29) is 24.2 Å². The minimum absolute atomic E-state index is 0.0130. The van der Waals surface area contributed by atoms with Crippen LogP contribution in [0.1, 0.15) is 46.0 Å². The molecule has 0 aromatic heterocycles. The number of unbranched alkanes of at least 4 members (excludes halogenated alkanes) is 2. The van der Waals surface area contributed by atoms with Gasteiger partial charge in [-0.25, -0.2) is 0 Å². The Balaban J connectivity index is 2.33. The van der Waals surface area contributed by atoms with E-state index in [1.54, 1.807) is 4.90 Å². The summed E-state index contributed by atoms with van der Waals surface area (Å²) in [7, 11) is 0. The first-order valence-electron chi connectivity index (χ1n) is 5.46. The maximum absolute atomic E-state index is 11.4. The van der Waals surface area contributed by atoms with Crippen LogP contribution in [0.4, 0.5) is 0 Å². The number of hydrogen-bond donors (Lipinski definition) is 0. The lowest BCUT2D eigenvalue weighted by Crippen LogP contribution is -2.34. The number of likely N-dealkylation sites (tertiary alicyclic amines) is 1. The Bertz CT molecular complexity index is 225. The second kappa shape index (κ2) is 5.13. The number of carbonyl (C=O) groups excluding carboxylic acids is 2. The smallest absolute Gasteiger partial charge is 0.230 e. The molecular weight excluding hydrogens is 178 g/mol. The van der Waals surface area contributed by atoms with E-state index >= 15 is 0 Å². The van der Waals surface area contributed by atoms with E-state index < -0.39 is 0 Å². The summed E-state index contributed by atoms with van der Waals surface area (Å²) in [5.74, 6) is 0.0799. The molecule has 0 radical (unpaired) electrons. The molecule has 80 valence electrons. The Kier molecular flexibility index (Phi) is 4.11. The molecule has 0 aromatic carbocycles. The van der Waals surface area contributed by atoms with Crippen molar-refractivity contribution in [1.29, 1.82) is 0 Å². The highest BCUT2D eigenvalue weighted by Gasteiger charge is 2.30. The van der Waals surface area contributed by atoms with Crippen molar-refractivity contribution in [3.63, 3.8) is 0 Å². The fraction of sp³-hybridized carbons (Fsp3) is 0.818. The lowest BCUT2D eigenvalue weighted by Gasteiger charge is -2.23. The maximum Gasteiger partial charge on any atom is 0.230 e. The van der Waals surface area contributed by atoms with E-state index in [2.05, 4.69) is 6.92 Å². The molecule has 1 rings (SSSR count). The van der Waals surface area contributed by atoms with Crippen LogP contribution >= 0.6 is 0 Å². The molecule has 1 atom stereocenters. The summed E-state index contributed by atoms with van der Waals surface area (Å²) in [6.45, 7) is 4.54. The molecule has 1 fully saturated rings. The topological polar surface area (TPSA) is 37.4 Å². The van der Waals surface area contributed by atoms with Gasteiger partial charge < -0.3 is 4.90 Å². The number of rotatable bonds is 5. The number of Topliss-reactive ketones (excluding diaryl/α,β-unsaturated/α-hetero) is 1. The summed E-state index contributed by atoms with van der Waals surface area (Å²) in [6, 6.07) is 0.237. The zero-order valence-electron chi connectivity index (χ0n) is 9.08. The van der Waals surface area contributed by atoms with E-state index in [0.29, 0.717) is 6.54 Å². The van der Waals surface area contributed by atoms with Crippen molar-refractivity contribution in [1.82, 2.24) is 4.90 Å². The summed E-state index contributed by atoms with van der Waals surface area (Å²) in [5, 5.41) is 0. The molecule has 1 unspecified atom stereocenters. The third kappa shape index (κ3) is 2.82. The largest absolute Gasteiger partial charge is 0.332 e. The van der Waals surface area contributed by atoms with Crippen molar-refractivity contribution in [2.75, 3.05) is 6.54 Å². The van der Waals surface area contributed by atoms with Crippen molar-refractivity contribution in [3.05, 3.63) is 0 Å². The average molecular weight is 197 g/mol. The van der Waals surface area contributed by atoms with Crippen LogP contribution in [-0.2, 0) is 9.59 Å². The van der Waals surface area contributed by atoms with E-state index in [0.717, 1.165) is 12.8 Å². The fourth-order valence-electron chi connectivity index (χ4n) is 1.85. The van der Waals surface area contributed by atoms with Crippen LogP contribution in [0.25, 0.3) is 0 Å². The first kappa shape index (κ1) is 11.2. The molecule has 3 nitrogen and oxygen atoms in total. The standard InChI is InChI=1S/C11H19NO2/c1-3-4-5-6-9(2)12-8-10(13)7-11(12)14/h9H,3-8H2,1-2H3. The fourth-order valence-corrected chi connectivity index (χ4v) is 1.85. The monoisotopic (exact) mass is 197 g/mol. The third-order valence-electron chi connectivity index (χ3n) is 2.77. The average Bonchev–Trinajstić information content (AvgIpc) is 2.45. The molecule has 1 amide bonds. The second-order valence-corrected chi connectivity index (χ2v) is 4.08. The number of carbonyl (C=O) groups is 2. The van der Waals surface area contributed by atoms with Gasteiger partial charge >= 0.3 is 0 Å². The van der Waals surface area contributed by atoms with Gasteiger partial charge in [0.1, 0.15) is 0 Å². The van der Waals surface area contributed by atoms with Crippen LogP contribution < -0.4 is 0 Å². The maximum atomic E-state index is 11.4. The van der Waals surface area contributed by atoms with Gasteiger partial charge in [-0.15, -0.1) is 0 Å². The minimum Gasteiger partial charge on any atom is -0.332 e. The summed E-state index contributed by atoms with van der Waals surface area (Å²) in [6.07, 6.45) is 4.69. The molecule has 1 aliphatic rings. The highest BCUT2D eigenvalue weighted by molar-refractivity contribution is 6.05. The number of ketones is 1. The predicted molar refractivity (Wildman–Crippen MR) is 54.9 cm³/mol. The molecule has 1 saturated heterocycles. The Labute approximate surface area is 85.5 Å². The minimum atomic E-state index is 0.0130. The highest BCUT2D eigenvalue weighted by atomic mass is 16.2. The first-order valence-corrected chi connectivity index (χ1v) is 5.46. The summed E-state index contributed by atoms with van der Waals surface area (Å²) in [5.41, 5.74) is 0. The molecule has 14 heavy (non-hydrogen) atoms. The predicted octanol–water partition coefficient (Wildman–Crippen LogP) is 1.76. The van der Waals surface area contributed by atoms with Gasteiger partial charge in [0.05, 0.1) is 13.0 Å². The van der Waals surface area contributed by atoms with Crippen LogP contribution in [0.15, 0.2) is 0 Å². The normalized spacial score (nSPS) is 19.1. The highest BCUT2D eigenvalue weighted by Crippen LogP contribution is 2.15. The zero-order valence-corrected chi connectivity index (χ0v) is 9.08. The second-order valence-electron chi connectivity index (χ2n) is 4.08. The molecule has 1 aliphatic heterocycles. The Morgan fingerprint density at radius 1 is 1.36 bits per heavy atom. The lowest BCUT2D eigenvalue weighted by molar-refractivity contribution is -0.129. The summed E-state index contributed by atoms with van der Waals surface area (Å²) in [4.78, 5) is 24.1. The Morgan fingerprint density at radius 3 is 2.57 bits per heavy atom. The molecule has 0 aromatic rings. The number of amides is 1. The van der Waals surface area contributed by atoms with Crippen molar-refractivity contribution >= 4 is 11.7 Å². The van der Waals surface area contributed by atoms with Gasteiger partial charge in [-0.3, -0.25) is 9.59 Å². The van der Waals surface area contributed by atoms with Crippen molar-refractivity contribution in [2.24, 2.45) is 0 Å². The molecular formula is C11H19NO2. The van der Waals surface area contributed by atoms with Crippen molar-refractivity contribution < 1.29 is 9.59 Å². The first-order chi connectivity index (χ1) is 6.65. The van der Waals surface area contributed by atoms with Gasteiger partial charge in [0.15, 0.2) is 5.78 Å². The molecule has 0 spiro atoms. The van der Waals surface area contributed by atoms with Crippen molar-refractivity contribution in [2.45, 2.75) is 52.0 Å². The van der Waals surface area contributed by atoms with Gasteiger partial charge in [-0.05, 0) is 13.3 Å². The van der Waals surface area contributed by atoms with Gasteiger partial charge in [-0.1, -0.05) is 26.2 Å². The quantitative estimate of drug-likeness (QED) is 0.497. The van der Waals surface area contributed by atoms with Gasteiger partial charge in [-0.2, -0.15) is 0 Å². The van der Waals surface area contributed by atoms with Crippen LogP contribution in [0.5, 0.6) is 0 Å². The van der Waals surface area contributed by atoms with Gasteiger partial charge in [0, 0.05) is 6.04 Å². The summed E-state index contributed by atoms with van der Waals surface area (Å²) >= 11 is 0. The van der Waals surface area contributed by atoms with E-state index in [1.807, 2.05) is 6.92 Å². The summed E-state index contributed by atoms with van der Waals surface area (Å²) < 4.78 is 0. The SMILES string of the molecule is CCCCCC(C)N1CC(=O)CC1=O.